The largest absolute Gasteiger partial charge is 0.405 e. The first-order valence-electron chi connectivity index (χ1n) is 5.24. The first kappa shape index (κ1) is 14.3. The van der Waals surface area contributed by atoms with E-state index in [0.29, 0.717) is 17.0 Å². The Morgan fingerprint density at radius 3 is 2.50 bits per heavy atom. The molecule has 0 aliphatic heterocycles. The van der Waals surface area contributed by atoms with Crippen LogP contribution in [0.2, 0.25) is 0 Å². The Morgan fingerprint density at radius 1 is 1.44 bits per heavy atom. The second kappa shape index (κ2) is 5.28. The number of aryl methyl sites for hydroxylation is 2. The molecule has 1 unspecified atom stereocenters. The van der Waals surface area contributed by atoms with Crippen molar-refractivity contribution in [3.8, 4) is 0 Å². The highest BCUT2D eigenvalue weighted by Gasteiger charge is 2.28. The zero-order valence-corrected chi connectivity index (χ0v) is 10.2. The molecular formula is C10H14F3N3O2. The number of alkyl halides is 3. The maximum Gasteiger partial charge on any atom is 0.405 e. The van der Waals surface area contributed by atoms with Crippen LogP contribution in [0.25, 0.3) is 0 Å². The van der Waals surface area contributed by atoms with Crippen LogP contribution in [-0.2, 0) is 0 Å². The molecule has 1 heterocycles. The highest BCUT2D eigenvalue weighted by atomic mass is 19.4. The van der Waals surface area contributed by atoms with E-state index >= 15 is 0 Å². The number of hydrogen-bond donors (Lipinski definition) is 2. The first-order valence-corrected chi connectivity index (χ1v) is 5.24. The third kappa shape index (κ3) is 3.94. The molecule has 8 heteroatoms. The molecule has 0 radical (unpaired) electrons. The highest BCUT2D eigenvalue weighted by molar-refractivity contribution is 5.74. The molecule has 1 atom stereocenters. The summed E-state index contributed by atoms with van der Waals surface area (Å²) in [7, 11) is 0. The summed E-state index contributed by atoms with van der Waals surface area (Å²) in [6.07, 6.45) is -4.43. The predicted octanol–water partition coefficient (Wildman–Crippen LogP) is 2.21. The van der Waals surface area contributed by atoms with Crippen molar-refractivity contribution < 1.29 is 22.5 Å². The standard InChI is InChI=1S/C10H14F3N3O2/c1-5(8-6(2)16-18-7(8)3)15-9(17)14-4-10(11,12)13/h5H,4H2,1-3H3,(H2,14,15,17). The van der Waals surface area contributed by atoms with E-state index in [9.17, 15) is 18.0 Å². The number of hydrogen-bond acceptors (Lipinski definition) is 3. The van der Waals surface area contributed by atoms with Crippen LogP contribution in [0.3, 0.4) is 0 Å². The highest BCUT2D eigenvalue weighted by Crippen LogP contribution is 2.20. The van der Waals surface area contributed by atoms with Crippen LogP contribution >= 0.6 is 0 Å². The molecule has 0 spiro atoms. The molecular weight excluding hydrogens is 251 g/mol. The summed E-state index contributed by atoms with van der Waals surface area (Å²) >= 11 is 0. The summed E-state index contributed by atoms with van der Waals surface area (Å²) in [4.78, 5) is 11.2. The predicted molar refractivity (Wildman–Crippen MR) is 57.0 cm³/mol. The maximum absolute atomic E-state index is 11.9. The minimum absolute atomic E-state index is 0.482. The molecule has 0 fully saturated rings. The normalized spacial score (nSPS) is 13.2. The third-order valence-corrected chi connectivity index (χ3v) is 2.32. The molecule has 2 amide bonds. The molecule has 0 bridgehead atoms. The Bertz CT molecular complexity index is 409. The van der Waals surface area contributed by atoms with E-state index in [1.807, 2.05) is 0 Å². The van der Waals surface area contributed by atoms with Crippen molar-refractivity contribution in [3.05, 3.63) is 17.0 Å². The fourth-order valence-corrected chi connectivity index (χ4v) is 1.61. The Labute approximate surface area is 102 Å². The van der Waals surface area contributed by atoms with Crippen molar-refractivity contribution in [2.75, 3.05) is 6.54 Å². The molecule has 1 rings (SSSR count). The van der Waals surface area contributed by atoms with Crippen LogP contribution in [0.15, 0.2) is 4.52 Å². The van der Waals surface area contributed by atoms with Gasteiger partial charge in [0.05, 0.1) is 11.7 Å². The van der Waals surface area contributed by atoms with E-state index in [2.05, 4.69) is 10.5 Å². The van der Waals surface area contributed by atoms with Gasteiger partial charge in [-0.1, -0.05) is 5.16 Å². The average molecular weight is 265 g/mol. The van der Waals surface area contributed by atoms with Crippen molar-refractivity contribution in [1.82, 2.24) is 15.8 Å². The van der Waals surface area contributed by atoms with Gasteiger partial charge < -0.3 is 15.2 Å². The minimum Gasteiger partial charge on any atom is -0.361 e. The summed E-state index contributed by atoms with van der Waals surface area (Å²) in [6.45, 7) is 3.63. The first-order chi connectivity index (χ1) is 8.20. The summed E-state index contributed by atoms with van der Waals surface area (Å²) in [5.74, 6) is 0.524. The van der Waals surface area contributed by atoms with Crippen molar-refractivity contribution in [2.45, 2.75) is 33.0 Å². The van der Waals surface area contributed by atoms with E-state index in [1.54, 1.807) is 26.1 Å². The van der Waals surface area contributed by atoms with E-state index in [4.69, 9.17) is 4.52 Å². The van der Waals surface area contributed by atoms with Gasteiger partial charge in [-0.25, -0.2) is 4.79 Å². The quantitative estimate of drug-likeness (QED) is 0.880. The Hall–Kier alpha value is -1.73. The lowest BCUT2D eigenvalue weighted by atomic mass is 10.1. The van der Waals surface area contributed by atoms with Gasteiger partial charge >= 0.3 is 12.2 Å². The third-order valence-electron chi connectivity index (χ3n) is 2.32. The number of amides is 2. The van der Waals surface area contributed by atoms with Crippen LogP contribution in [0.4, 0.5) is 18.0 Å². The number of nitrogens with zero attached hydrogens (tertiary/aromatic N) is 1. The summed E-state index contributed by atoms with van der Waals surface area (Å²) in [5.41, 5.74) is 1.26. The van der Waals surface area contributed by atoms with Gasteiger partial charge in [-0.15, -0.1) is 0 Å². The molecule has 5 nitrogen and oxygen atoms in total. The smallest absolute Gasteiger partial charge is 0.361 e. The zero-order chi connectivity index (χ0) is 13.9. The molecule has 0 saturated carbocycles. The monoisotopic (exact) mass is 265 g/mol. The lowest BCUT2D eigenvalue weighted by Crippen LogP contribution is -2.41. The Morgan fingerprint density at radius 2 is 2.06 bits per heavy atom. The number of nitrogens with one attached hydrogen (secondary N) is 2. The summed E-state index contributed by atoms with van der Waals surface area (Å²) in [5, 5.41) is 7.82. The van der Waals surface area contributed by atoms with E-state index in [1.165, 1.54) is 0 Å². The van der Waals surface area contributed by atoms with E-state index < -0.39 is 24.8 Å². The molecule has 0 aliphatic carbocycles. The number of rotatable bonds is 3. The topological polar surface area (TPSA) is 67.2 Å². The number of carbonyl (C=O) groups excluding carboxylic acids is 1. The van der Waals surface area contributed by atoms with Crippen molar-refractivity contribution in [3.63, 3.8) is 0 Å². The summed E-state index contributed by atoms with van der Waals surface area (Å²) in [6, 6.07) is -1.37. The number of halogens is 3. The van der Waals surface area contributed by atoms with Crippen LogP contribution in [0.5, 0.6) is 0 Å². The Kier molecular flexibility index (Phi) is 4.20. The summed E-state index contributed by atoms with van der Waals surface area (Å²) < 4.78 is 40.6. The zero-order valence-electron chi connectivity index (χ0n) is 10.2. The van der Waals surface area contributed by atoms with Gasteiger partial charge in [0.1, 0.15) is 12.3 Å². The molecule has 0 aromatic carbocycles. The Balaban J connectivity index is 2.55. The van der Waals surface area contributed by atoms with Gasteiger partial charge in [-0.05, 0) is 20.8 Å². The van der Waals surface area contributed by atoms with E-state index in [-0.39, 0.29) is 0 Å². The van der Waals surface area contributed by atoms with Gasteiger partial charge in [0.15, 0.2) is 0 Å². The number of carbonyl (C=O) groups is 1. The molecule has 1 aromatic rings. The molecule has 102 valence electrons. The second-order valence-electron chi connectivity index (χ2n) is 3.90. The van der Waals surface area contributed by atoms with Crippen molar-refractivity contribution in [1.29, 1.82) is 0 Å². The fraction of sp³-hybridized carbons (Fsp3) is 0.600. The molecule has 0 aliphatic rings. The number of aromatic nitrogens is 1. The van der Waals surface area contributed by atoms with Crippen LogP contribution in [0.1, 0.15) is 30.0 Å². The molecule has 18 heavy (non-hydrogen) atoms. The van der Waals surface area contributed by atoms with Crippen molar-refractivity contribution >= 4 is 6.03 Å². The minimum atomic E-state index is -4.43. The van der Waals surface area contributed by atoms with Gasteiger partial charge in [0, 0.05) is 5.56 Å². The van der Waals surface area contributed by atoms with Gasteiger partial charge in [-0.2, -0.15) is 13.2 Å². The van der Waals surface area contributed by atoms with Gasteiger partial charge in [0.2, 0.25) is 0 Å². The van der Waals surface area contributed by atoms with Crippen LogP contribution in [0, 0.1) is 13.8 Å². The fourth-order valence-electron chi connectivity index (χ4n) is 1.61. The second-order valence-corrected chi connectivity index (χ2v) is 3.90. The molecule has 0 saturated heterocycles. The van der Waals surface area contributed by atoms with Crippen molar-refractivity contribution in [2.24, 2.45) is 0 Å². The lowest BCUT2D eigenvalue weighted by molar-refractivity contribution is -0.122. The lowest BCUT2D eigenvalue weighted by Gasteiger charge is -2.15. The molecule has 2 N–H and O–H groups in total. The number of urea groups is 1. The average Bonchev–Trinajstić information content (AvgIpc) is 2.54. The molecule has 1 aromatic heterocycles. The van der Waals surface area contributed by atoms with Gasteiger partial charge in [-0.3, -0.25) is 0 Å². The maximum atomic E-state index is 11.9. The van der Waals surface area contributed by atoms with Crippen LogP contribution in [-0.4, -0.2) is 23.9 Å². The van der Waals surface area contributed by atoms with Gasteiger partial charge in [0.25, 0.3) is 0 Å². The van der Waals surface area contributed by atoms with Crippen LogP contribution < -0.4 is 10.6 Å². The van der Waals surface area contributed by atoms with E-state index in [0.717, 1.165) is 0 Å². The SMILES string of the molecule is Cc1noc(C)c1C(C)NC(=O)NCC(F)(F)F.